The van der Waals surface area contributed by atoms with Gasteiger partial charge in [-0.3, -0.25) is 9.80 Å². The maximum atomic E-state index is 13.4. The molecule has 0 saturated carbocycles. The van der Waals surface area contributed by atoms with E-state index in [9.17, 15) is 9.18 Å². The highest BCUT2D eigenvalue weighted by Gasteiger charge is 2.53. The summed E-state index contributed by atoms with van der Waals surface area (Å²) in [6.45, 7) is 1.40. The number of hydrazine groups is 1. The number of hydrogen-bond donors (Lipinski definition) is 0. The van der Waals surface area contributed by atoms with E-state index in [0.717, 1.165) is 17.8 Å². The second kappa shape index (κ2) is 7.18. The van der Waals surface area contributed by atoms with E-state index in [2.05, 4.69) is 19.9 Å². The standard InChI is InChI=1S/C19H22FN5OS/c1-23(2)14-10-24-17(15-8-9-21-19(22-15)27-3)16(18(26)25(24)11-14)12-4-6-13(20)7-5-12/h4-9,14,16-17H,10-11H2,1-3H3. The summed E-state index contributed by atoms with van der Waals surface area (Å²) in [5, 5.41) is 4.64. The fourth-order valence-electron chi connectivity index (χ4n) is 3.89. The number of carbonyl (C=O) groups is 1. The molecule has 2 saturated heterocycles. The van der Waals surface area contributed by atoms with Gasteiger partial charge in [-0.25, -0.2) is 19.4 Å². The fourth-order valence-corrected chi connectivity index (χ4v) is 4.25. The number of fused-ring (bicyclic) bond motifs is 1. The Labute approximate surface area is 162 Å². The molecule has 1 amide bonds. The largest absolute Gasteiger partial charge is 0.303 e. The van der Waals surface area contributed by atoms with Crippen molar-refractivity contribution >= 4 is 17.7 Å². The molecule has 3 unspecified atom stereocenters. The van der Waals surface area contributed by atoms with Gasteiger partial charge in [0.2, 0.25) is 5.91 Å². The van der Waals surface area contributed by atoms with Crippen LogP contribution in [-0.4, -0.2) is 70.3 Å². The van der Waals surface area contributed by atoms with E-state index >= 15 is 0 Å². The molecule has 0 spiro atoms. The van der Waals surface area contributed by atoms with Crippen molar-refractivity contribution in [2.45, 2.75) is 23.2 Å². The third kappa shape index (κ3) is 3.22. The van der Waals surface area contributed by atoms with Gasteiger partial charge in [-0.2, -0.15) is 0 Å². The molecule has 2 aliphatic rings. The van der Waals surface area contributed by atoms with Crippen LogP contribution in [-0.2, 0) is 4.79 Å². The van der Waals surface area contributed by atoms with Gasteiger partial charge >= 0.3 is 0 Å². The number of carbonyl (C=O) groups excluding carboxylic acids is 1. The van der Waals surface area contributed by atoms with Gasteiger partial charge in [0, 0.05) is 18.8 Å². The van der Waals surface area contributed by atoms with E-state index in [4.69, 9.17) is 0 Å². The number of hydrogen-bond acceptors (Lipinski definition) is 6. The van der Waals surface area contributed by atoms with Gasteiger partial charge in [0.15, 0.2) is 5.16 Å². The number of likely N-dealkylation sites (N-methyl/N-ethyl adjacent to an activating group) is 1. The van der Waals surface area contributed by atoms with Crippen molar-refractivity contribution in [2.75, 3.05) is 33.4 Å². The normalized spacial score (nSPS) is 25.4. The maximum absolute atomic E-state index is 13.4. The van der Waals surface area contributed by atoms with E-state index in [-0.39, 0.29) is 23.8 Å². The summed E-state index contributed by atoms with van der Waals surface area (Å²) in [6.07, 6.45) is 3.67. The van der Waals surface area contributed by atoms with Crippen LogP contribution in [0.4, 0.5) is 4.39 Å². The number of benzene rings is 1. The molecule has 6 nitrogen and oxygen atoms in total. The topological polar surface area (TPSA) is 52.6 Å². The highest BCUT2D eigenvalue weighted by atomic mass is 32.2. The molecule has 4 rings (SSSR count). The molecular formula is C19H22FN5OS. The predicted molar refractivity (Wildman–Crippen MR) is 102 cm³/mol. The first-order valence-electron chi connectivity index (χ1n) is 8.86. The zero-order chi connectivity index (χ0) is 19.1. The van der Waals surface area contributed by atoms with Crippen LogP contribution in [0.2, 0.25) is 0 Å². The Bertz CT molecular complexity index is 846. The zero-order valence-electron chi connectivity index (χ0n) is 15.5. The number of nitrogens with zero attached hydrogens (tertiary/aromatic N) is 5. The van der Waals surface area contributed by atoms with Gasteiger partial charge in [0.25, 0.3) is 0 Å². The molecule has 3 atom stereocenters. The van der Waals surface area contributed by atoms with Crippen LogP contribution in [0.3, 0.4) is 0 Å². The SMILES string of the molecule is CSc1nccc(C2C(c3ccc(F)cc3)C(=O)N3CC(N(C)C)CN23)n1. The van der Waals surface area contributed by atoms with E-state index in [1.807, 2.05) is 31.4 Å². The second-order valence-corrected chi connectivity index (χ2v) is 7.88. The number of amides is 1. The second-order valence-electron chi connectivity index (χ2n) is 7.10. The Morgan fingerprint density at radius 2 is 1.93 bits per heavy atom. The first-order chi connectivity index (χ1) is 13.0. The molecule has 0 bridgehead atoms. The Balaban J connectivity index is 1.77. The van der Waals surface area contributed by atoms with Crippen molar-refractivity contribution in [3.8, 4) is 0 Å². The monoisotopic (exact) mass is 387 g/mol. The highest BCUT2D eigenvalue weighted by Crippen LogP contribution is 2.45. The molecule has 3 heterocycles. The van der Waals surface area contributed by atoms with Gasteiger partial charge < -0.3 is 4.90 Å². The molecule has 0 radical (unpaired) electrons. The lowest BCUT2D eigenvalue weighted by molar-refractivity contribution is -0.135. The summed E-state index contributed by atoms with van der Waals surface area (Å²) in [5.74, 6) is -0.667. The van der Waals surface area contributed by atoms with Crippen molar-refractivity contribution in [3.05, 3.63) is 53.6 Å². The third-order valence-corrected chi connectivity index (χ3v) is 5.91. The molecule has 0 N–H and O–H groups in total. The Morgan fingerprint density at radius 1 is 1.19 bits per heavy atom. The van der Waals surface area contributed by atoms with Crippen molar-refractivity contribution < 1.29 is 9.18 Å². The lowest BCUT2D eigenvalue weighted by atomic mass is 9.89. The van der Waals surface area contributed by atoms with Gasteiger partial charge in [0.05, 0.1) is 24.2 Å². The van der Waals surface area contributed by atoms with Crippen LogP contribution in [0, 0.1) is 5.82 Å². The molecule has 1 aromatic heterocycles. The molecule has 142 valence electrons. The third-order valence-electron chi connectivity index (χ3n) is 5.35. The van der Waals surface area contributed by atoms with Gasteiger partial charge in [-0.15, -0.1) is 0 Å². The van der Waals surface area contributed by atoms with Crippen LogP contribution < -0.4 is 0 Å². The van der Waals surface area contributed by atoms with Crippen molar-refractivity contribution in [3.63, 3.8) is 0 Å². The quantitative estimate of drug-likeness (QED) is 0.592. The predicted octanol–water partition coefficient (Wildman–Crippen LogP) is 2.17. The molecule has 27 heavy (non-hydrogen) atoms. The minimum atomic E-state index is -0.404. The first-order valence-corrected chi connectivity index (χ1v) is 10.1. The fraction of sp³-hybridized carbons (Fsp3) is 0.421. The number of thioether (sulfide) groups is 1. The summed E-state index contributed by atoms with van der Waals surface area (Å²) in [7, 11) is 4.06. The lowest BCUT2D eigenvalue weighted by Gasteiger charge is -2.26. The van der Waals surface area contributed by atoms with Crippen LogP contribution in [0.5, 0.6) is 0 Å². The van der Waals surface area contributed by atoms with E-state index in [1.165, 1.54) is 23.9 Å². The molecule has 1 aromatic carbocycles. The van der Waals surface area contributed by atoms with E-state index < -0.39 is 5.92 Å². The molecule has 8 heteroatoms. The first kappa shape index (κ1) is 18.3. The lowest BCUT2D eigenvalue weighted by Crippen LogP contribution is -2.35. The van der Waals surface area contributed by atoms with Crippen molar-refractivity contribution in [1.82, 2.24) is 24.9 Å². The van der Waals surface area contributed by atoms with Gasteiger partial charge in [-0.1, -0.05) is 23.9 Å². The number of halogens is 1. The minimum Gasteiger partial charge on any atom is -0.303 e. The minimum absolute atomic E-state index is 0.0419. The number of aromatic nitrogens is 2. The Morgan fingerprint density at radius 3 is 2.59 bits per heavy atom. The van der Waals surface area contributed by atoms with Crippen LogP contribution in [0.25, 0.3) is 0 Å². The van der Waals surface area contributed by atoms with Crippen LogP contribution in [0.15, 0.2) is 41.7 Å². The Hall–Kier alpha value is -2.03. The molecular weight excluding hydrogens is 365 g/mol. The summed E-state index contributed by atoms with van der Waals surface area (Å²) >= 11 is 1.48. The summed E-state index contributed by atoms with van der Waals surface area (Å²) < 4.78 is 13.4. The van der Waals surface area contributed by atoms with Gasteiger partial charge in [-0.05, 0) is 44.1 Å². The molecule has 2 fully saturated rings. The smallest absolute Gasteiger partial charge is 0.246 e. The molecule has 0 aliphatic carbocycles. The average molecular weight is 387 g/mol. The maximum Gasteiger partial charge on any atom is 0.246 e. The number of rotatable bonds is 4. The molecule has 2 aromatic rings. The summed E-state index contributed by atoms with van der Waals surface area (Å²) in [5.41, 5.74) is 1.63. The van der Waals surface area contributed by atoms with E-state index in [1.54, 1.807) is 18.3 Å². The summed E-state index contributed by atoms with van der Waals surface area (Å²) in [4.78, 5) is 24.4. The molecule has 2 aliphatic heterocycles. The van der Waals surface area contributed by atoms with Crippen LogP contribution in [0.1, 0.15) is 23.2 Å². The average Bonchev–Trinajstić information content (AvgIpc) is 3.21. The summed E-state index contributed by atoms with van der Waals surface area (Å²) in [6, 6.07) is 8.15. The van der Waals surface area contributed by atoms with Crippen molar-refractivity contribution in [2.24, 2.45) is 0 Å². The van der Waals surface area contributed by atoms with Gasteiger partial charge in [0.1, 0.15) is 5.82 Å². The Kier molecular flexibility index (Phi) is 4.88. The zero-order valence-corrected chi connectivity index (χ0v) is 16.4. The highest BCUT2D eigenvalue weighted by molar-refractivity contribution is 7.98. The van der Waals surface area contributed by atoms with Crippen LogP contribution >= 0.6 is 11.8 Å². The van der Waals surface area contributed by atoms with E-state index in [0.29, 0.717) is 11.7 Å². The van der Waals surface area contributed by atoms with Crippen molar-refractivity contribution in [1.29, 1.82) is 0 Å².